The van der Waals surface area contributed by atoms with Crippen LogP contribution in [0.25, 0.3) is 0 Å². The molecule has 0 spiro atoms. The van der Waals surface area contributed by atoms with Crippen molar-refractivity contribution < 1.29 is 17.9 Å². The summed E-state index contributed by atoms with van der Waals surface area (Å²) >= 11 is 0. The fourth-order valence-electron chi connectivity index (χ4n) is 2.43. The van der Waals surface area contributed by atoms with E-state index in [2.05, 4.69) is 5.32 Å². The molecule has 1 N–H and O–H groups in total. The second-order valence-corrected chi connectivity index (χ2v) is 7.44. The van der Waals surface area contributed by atoms with Gasteiger partial charge in [-0.3, -0.25) is 4.79 Å². The van der Waals surface area contributed by atoms with Crippen LogP contribution in [0, 0.1) is 13.8 Å². The van der Waals surface area contributed by atoms with Gasteiger partial charge in [-0.2, -0.15) is 0 Å². The molecule has 0 saturated carbocycles. The number of rotatable bonds is 3. The normalized spacial score (nSPS) is 20.6. The van der Waals surface area contributed by atoms with E-state index in [9.17, 15) is 13.2 Å². The minimum Gasteiger partial charge on any atom is -0.496 e. The van der Waals surface area contributed by atoms with Gasteiger partial charge in [0.1, 0.15) is 5.75 Å². The lowest BCUT2D eigenvalue weighted by atomic mass is 10.0. The molecule has 0 bridgehead atoms. The quantitative estimate of drug-likeness (QED) is 0.911. The number of nitrogens with one attached hydrogen (secondary N) is 1. The van der Waals surface area contributed by atoms with Crippen molar-refractivity contribution in [1.29, 1.82) is 0 Å². The fraction of sp³-hybridized carbons (Fsp3) is 0.500. The van der Waals surface area contributed by atoms with E-state index < -0.39 is 9.84 Å². The van der Waals surface area contributed by atoms with Crippen molar-refractivity contribution in [1.82, 2.24) is 5.32 Å². The van der Waals surface area contributed by atoms with Gasteiger partial charge >= 0.3 is 0 Å². The molecule has 110 valence electrons. The lowest BCUT2D eigenvalue weighted by molar-refractivity contribution is 0.0940. The third-order valence-corrected chi connectivity index (χ3v) is 5.32. The zero-order chi connectivity index (χ0) is 14.9. The van der Waals surface area contributed by atoms with E-state index in [4.69, 9.17) is 4.74 Å². The molecule has 1 atom stereocenters. The van der Waals surface area contributed by atoms with Crippen LogP contribution in [0.2, 0.25) is 0 Å². The lowest BCUT2D eigenvalue weighted by Crippen LogP contribution is -2.36. The molecule has 0 aliphatic carbocycles. The predicted molar refractivity (Wildman–Crippen MR) is 77.0 cm³/mol. The van der Waals surface area contributed by atoms with Gasteiger partial charge in [-0.15, -0.1) is 0 Å². The summed E-state index contributed by atoms with van der Waals surface area (Å²) < 4.78 is 28.0. The highest BCUT2D eigenvalue weighted by Crippen LogP contribution is 2.23. The van der Waals surface area contributed by atoms with Crippen molar-refractivity contribution in [2.24, 2.45) is 0 Å². The van der Waals surface area contributed by atoms with E-state index in [0.29, 0.717) is 12.0 Å². The summed E-state index contributed by atoms with van der Waals surface area (Å²) in [5.41, 5.74) is 2.25. The molecule has 1 heterocycles. The summed E-state index contributed by atoms with van der Waals surface area (Å²) in [6, 6.07) is 3.30. The van der Waals surface area contributed by atoms with Crippen molar-refractivity contribution in [2.75, 3.05) is 18.6 Å². The first kappa shape index (κ1) is 14.8. The zero-order valence-corrected chi connectivity index (χ0v) is 12.7. The highest BCUT2D eigenvalue weighted by molar-refractivity contribution is 7.91. The number of benzene rings is 1. The molecule has 1 unspecified atom stereocenters. The van der Waals surface area contributed by atoms with Crippen LogP contribution in [0.4, 0.5) is 0 Å². The molecule has 1 amide bonds. The van der Waals surface area contributed by atoms with Crippen LogP contribution >= 0.6 is 0 Å². The summed E-state index contributed by atoms with van der Waals surface area (Å²) in [5.74, 6) is 0.698. The van der Waals surface area contributed by atoms with Crippen molar-refractivity contribution in [3.05, 3.63) is 28.8 Å². The predicted octanol–water partition coefficient (Wildman–Crippen LogP) is 1.23. The van der Waals surface area contributed by atoms with E-state index in [1.807, 2.05) is 19.9 Å². The molecule has 1 aliphatic rings. The third kappa shape index (κ3) is 3.12. The Morgan fingerprint density at radius 3 is 2.55 bits per heavy atom. The zero-order valence-electron chi connectivity index (χ0n) is 11.9. The minimum atomic E-state index is -2.99. The van der Waals surface area contributed by atoms with Gasteiger partial charge in [-0.05, 0) is 43.5 Å². The minimum absolute atomic E-state index is 0.0346. The van der Waals surface area contributed by atoms with Crippen LogP contribution in [0.1, 0.15) is 27.9 Å². The maximum absolute atomic E-state index is 12.2. The van der Waals surface area contributed by atoms with Gasteiger partial charge in [-0.25, -0.2) is 8.42 Å². The second kappa shape index (κ2) is 5.44. The van der Waals surface area contributed by atoms with Crippen molar-refractivity contribution >= 4 is 15.7 Å². The Hall–Kier alpha value is -1.56. The Morgan fingerprint density at radius 1 is 1.30 bits per heavy atom. The maximum atomic E-state index is 12.2. The van der Waals surface area contributed by atoms with E-state index in [1.165, 1.54) is 0 Å². The molecule has 1 aromatic carbocycles. The van der Waals surface area contributed by atoms with E-state index in [1.54, 1.807) is 13.2 Å². The van der Waals surface area contributed by atoms with Gasteiger partial charge in [-0.1, -0.05) is 0 Å². The van der Waals surface area contributed by atoms with E-state index in [0.717, 1.165) is 16.9 Å². The van der Waals surface area contributed by atoms with Crippen LogP contribution in [-0.2, 0) is 9.84 Å². The van der Waals surface area contributed by atoms with Gasteiger partial charge in [0.25, 0.3) is 5.91 Å². The molecule has 0 radical (unpaired) electrons. The molecule has 1 saturated heterocycles. The van der Waals surface area contributed by atoms with E-state index in [-0.39, 0.29) is 23.5 Å². The second-order valence-electron chi connectivity index (χ2n) is 5.21. The first-order valence-corrected chi connectivity index (χ1v) is 8.31. The number of amides is 1. The Labute approximate surface area is 119 Å². The monoisotopic (exact) mass is 297 g/mol. The van der Waals surface area contributed by atoms with Crippen LogP contribution in [0.3, 0.4) is 0 Å². The molecule has 5 nitrogen and oxygen atoms in total. The average Bonchev–Trinajstić information content (AvgIpc) is 2.70. The number of carbonyl (C=O) groups is 1. The summed E-state index contributed by atoms with van der Waals surface area (Å²) in [6.45, 7) is 3.71. The lowest BCUT2D eigenvalue weighted by Gasteiger charge is -2.14. The van der Waals surface area contributed by atoms with Crippen LogP contribution in [0.15, 0.2) is 12.1 Å². The summed E-state index contributed by atoms with van der Waals surface area (Å²) in [6.07, 6.45) is 0.488. The summed E-state index contributed by atoms with van der Waals surface area (Å²) in [4.78, 5) is 12.2. The van der Waals surface area contributed by atoms with Crippen LogP contribution in [-0.4, -0.2) is 39.0 Å². The Morgan fingerprint density at radius 2 is 2.00 bits per heavy atom. The van der Waals surface area contributed by atoms with Gasteiger partial charge in [0.05, 0.1) is 18.6 Å². The summed E-state index contributed by atoms with van der Waals surface area (Å²) in [7, 11) is -1.40. The number of aryl methyl sites for hydroxylation is 2. The van der Waals surface area contributed by atoms with Crippen LogP contribution in [0.5, 0.6) is 5.75 Å². The molecule has 1 aliphatic heterocycles. The Kier molecular flexibility index (Phi) is 4.04. The van der Waals surface area contributed by atoms with E-state index >= 15 is 0 Å². The summed E-state index contributed by atoms with van der Waals surface area (Å²) in [5, 5.41) is 2.80. The molecule has 1 aromatic rings. The molecule has 0 aromatic heterocycles. The maximum Gasteiger partial charge on any atom is 0.251 e. The average molecular weight is 297 g/mol. The number of ether oxygens (including phenoxy) is 1. The van der Waals surface area contributed by atoms with Crippen molar-refractivity contribution in [3.63, 3.8) is 0 Å². The molecule has 1 fully saturated rings. The molecule has 2 rings (SSSR count). The van der Waals surface area contributed by atoms with Crippen LogP contribution < -0.4 is 10.1 Å². The first-order chi connectivity index (χ1) is 9.32. The third-order valence-electron chi connectivity index (χ3n) is 3.55. The smallest absolute Gasteiger partial charge is 0.251 e. The molecular weight excluding hydrogens is 278 g/mol. The highest BCUT2D eigenvalue weighted by atomic mass is 32.2. The van der Waals surface area contributed by atoms with Gasteiger partial charge in [0.15, 0.2) is 9.84 Å². The van der Waals surface area contributed by atoms with Crippen molar-refractivity contribution in [3.8, 4) is 5.75 Å². The standard InChI is InChI=1S/C14H19NO4S/c1-9-7-13(19-3)10(2)6-12(9)14(16)15-11-4-5-20(17,18)8-11/h6-7,11H,4-5,8H2,1-3H3,(H,15,16). The first-order valence-electron chi connectivity index (χ1n) is 6.49. The SMILES string of the molecule is COc1cc(C)c(C(=O)NC2CCS(=O)(=O)C2)cc1C. The number of hydrogen-bond acceptors (Lipinski definition) is 4. The van der Waals surface area contributed by atoms with Gasteiger partial charge in [0.2, 0.25) is 0 Å². The fourth-order valence-corrected chi connectivity index (χ4v) is 4.10. The molecule has 6 heteroatoms. The topological polar surface area (TPSA) is 72.5 Å². The number of carbonyl (C=O) groups excluding carboxylic acids is 1. The largest absolute Gasteiger partial charge is 0.496 e. The highest BCUT2D eigenvalue weighted by Gasteiger charge is 2.29. The van der Waals surface area contributed by atoms with Gasteiger partial charge in [0, 0.05) is 11.6 Å². The number of hydrogen-bond donors (Lipinski definition) is 1. The molecular formula is C14H19NO4S. The molecule has 20 heavy (non-hydrogen) atoms. The number of sulfone groups is 1. The Balaban J connectivity index is 2.16. The Bertz CT molecular complexity index is 637. The number of methoxy groups -OCH3 is 1. The van der Waals surface area contributed by atoms with Crippen molar-refractivity contribution in [2.45, 2.75) is 26.3 Å². The van der Waals surface area contributed by atoms with Gasteiger partial charge < -0.3 is 10.1 Å².